The van der Waals surface area contributed by atoms with E-state index in [4.69, 9.17) is 4.42 Å². The fraction of sp³-hybridized carbons (Fsp3) is 0.182. The predicted molar refractivity (Wildman–Crippen MR) is 65.2 cm³/mol. The van der Waals surface area contributed by atoms with Crippen molar-refractivity contribution in [3.63, 3.8) is 0 Å². The zero-order valence-electron chi connectivity index (χ0n) is 9.67. The van der Waals surface area contributed by atoms with E-state index in [1.807, 2.05) is 19.2 Å². The van der Waals surface area contributed by atoms with Gasteiger partial charge < -0.3 is 9.73 Å². The molecule has 2 aromatic heterocycles. The number of nitrogens with zero attached hydrogens (tertiary/aromatic N) is 3. The van der Waals surface area contributed by atoms with Crippen LogP contribution in [0.3, 0.4) is 0 Å². The Morgan fingerprint density at radius 2 is 2.39 bits per heavy atom. The maximum atomic E-state index is 11.0. The van der Waals surface area contributed by atoms with Gasteiger partial charge in [0.1, 0.15) is 0 Å². The number of aromatic nitrogens is 4. The number of oxazole rings is 1. The largest absolute Gasteiger partial charge is 0.417 e. The SMILES string of the molecule is Cn1nncc1CNc1ccc2oc(=O)[nH]c2c1. The van der Waals surface area contributed by atoms with Crippen molar-refractivity contribution in [2.75, 3.05) is 5.32 Å². The van der Waals surface area contributed by atoms with Crippen molar-refractivity contribution in [3.8, 4) is 0 Å². The molecule has 2 heterocycles. The summed E-state index contributed by atoms with van der Waals surface area (Å²) in [7, 11) is 1.83. The minimum Gasteiger partial charge on any atom is -0.408 e. The molecular formula is C11H11N5O2. The molecule has 7 heteroatoms. The number of nitrogens with one attached hydrogen (secondary N) is 2. The molecule has 0 aliphatic heterocycles. The lowest BCUT2D eigenvalue weighted by Crippen LogP contribution is -2.05. The van der Waals surface area contributed by atoms with Crippen molar-refractivity contribution < 1.29 is 4.42 Å². The molecule has 18 heavy (non-hydrogen) atoms. The van der Waals surface area contributed by atoms with Crippen molar-refractivity contribution in [3.05, 3.63) is 40.6 Å². The minimum absolute atomic E-state index is 0.446. The first-order valence-electron chi connectivity index (χ1n) is 5.43. The second kappa shape index (κ2) is 4.02. The highest BCUT2D eigenvalue weighted by atomic mass is 16.4. The van der Waals surface area contributed by atoms with Crippen LogP contribution in [0, 0.1) is 0 Å². The molecule has 3 aromatic rings. The number of hydrogen-bond acceptors (Lipinski definition) is 5. The normalized spacial score (nSPS) is 10.9. The predicted octanol–water partition coefficient (Wildman–Crippen LogP) is 0.862. The third-order valence-electron chi connectivity index (χ3n) is 2.70. The molecule has 0 aliphatic rings. The van der Waals surface area contributed by atoms with E-state index in [0.717, 1.165) is 11.4 Å². The second-order valence-corrected chi connectivity index (χ2v) is 3.93. The van der Waals surface area contributed by atoms with Crippen molar-refractivity contribution in [2.45, 2.75) is 6.54 Å². The number of H-pyrrole nitrogens is 1. The molecule has 0 radical (unpaired) electrons. The van der Waals surface area contributed by atoms with E-state index in [2.05, 4.69) is 20.6 Å². The summed E-state index contributed by atoms with van der Waals surface area (Å²) in [5.74, 6) is -0.446. The maximum Gasteiger partial charge on any atom is 0.417 e. The number of rotatable bonds is 3. The summed E-state index contributed by atoms with van der Waals surface area (Å²) in [6.45, 7) is 0.608. The first kappa shape index (κ1) is 10.6. The summed E-state index contributed by atoms with van der Waals surface area (Å²) in [6.07, 6.45) is 1.70. The molecule has 0 unspecified atom stereocenters. The molecule has 0 spiro atoms. The van der Waals surface area contributed by atoms with E-state index >= 15 is 0 Å². The van der Waals surface area contributed by atoms with Crippen LogP contribution in [0.1, 0.15) is 5.69 Å². The Hall–Kier alpha value is -2.57. The molecule has 0 aliphatic carbocycles. The number of aryl methyl sites for hydroxylation is 1. The third kappa shape index (κ3) is 1.86. The maximum absolute atomic E-state index is 11.0. The summed E-state index contributed by atoms with van der Waals surface area (Å²) in [6, 6.07) is 5.42. The number of fused-ring (bicyclic) bond motifs is 1. The van der Waals surface area contributed by atoms with Crippen LogP contribution in [-0.2, 0) is 13.6 Å². The van der Waals surface area contributed by atoms with Crippen molar-refractivity contribution in [2.24, 2.45) is 7.05 Å². The third-order valence-corrected chi connectivity index (χ3v) is 2.70. The van der Waals surface area contributed by atoms with E-state index in [1.54, 1.807) is 16.9 Å². The Morgan fingerprint density at radius 1 is 1.50 bits per heavy atom. The van der Waals surface area contributed by atoms with Gasteiger partial charge in [-0.1, -0.05) is 5.21 Å². The second-order valence-electron chi connectivity index (χ2n) is 3.93. The van der Waals surface area contributed by atoms with Gasteiger partial charge >= 0.3 is 5.76 Å². The number of hydrogen-bond donors (Lipinski definition) is 2. The molecule has 2 N–H and O–H groups in total. The molecule has 92 valence electrons. The molecule has 7 nitrogen and oxygen atoms in total. The lowest BCUT2D eigenvalue weighted by Gasteiger charge is -2.05. The Kier molecular flexibility index (Phi) is 2.36. The highest BCUT2D eigenvalue weighted by molar-refractivity contribution is 5.76. The Morgan fingerprint density at radius 3 is 3.17 bits per heavy atom. The van der Waals surface area contributed by atoms with Crippen molar-refractivity contribution >= 4 is 16.8 Å². The summed E-state index contributed by atoms with van der Waals surface area (Å²) in [5.41, 5.74) is 3.08. The Bertz CT molecular complexity index is 739. The zero-order chi connectivity index (χ0) is 12.5. The number of anilines is 1. The lowest BCUT2D eigenvalue weighted by atomic mass is 10.3. The van der Waals surface area contributed by atoms with Crippen LogP contribution in [0.4, 0.5) is 5.69 Å². The van der Waals surface area contributed by atoms with E-state index in [0.29, 0.717) is 17.6 Å². The first-order chi connectivity index (χ1) is 8.72. The van der Waals surface area contributed by atoms with Crippen molar-refractivity contribution in [1.29, 1.82) is 0 Å². The van der Waals surface area contributed by atoms with Crippen LogP contribution < -0.4 is 11.1 Å². The monoisotopic (exact) mass is 245 g/mol. The van der Waals surface area contributed by atoms with Gasteiger partial charge in [0.15, 0.2) is 5.58 Å². The number of benzene rings is 1. The minimum atomic E-state index is -0.446. The molecule has 0 saturated carbocycles. The van der Waals surface area contributed by atoms with Gasteiger partial charge in [0.2, 0.25) is 0 Å². The quantitative estimate of drug-likeness (QED) is 0.714. The summed E-state index contributed by atoms with van der Waals surface area (Å²) < 4.78 is 6.63. The lowest BCUT2D eigenvalue weighted by molar-refractivity contribution is 0.555. The molecule has 0 saturated heterocycles. The van der Waals surface area contributed by atoms with Gasteiger partial charge in [-0.2, -0.15) is 0 Å². The smallest absolute Gasteiger partial charge is 0.408 e. The summed E-state index contributed by atoms with van der Waals surface area (Å²) in [4.78, 5) is 13.6. The van der Waals surface area contributed by atoms with Crippen LogP contribution in [0.2, 0.25) is 0 Å². The van der Waals surface area contributed by atoms with Crippen LogP contribution >= 0.6 is 0 Å². The molecule has 0 bridgehead atoms. The zero-order valence-corrected chi connectivity index (χ0v) is 9.67. The van der Waals surface area contributed by atoms with Crippen LogP contribution in [0.5, 0.6) is 0 Å². The Labute approximate surface area is 101 Å². The van der Waals surface area contributed by atoms with Gasteiger partial charge in [0.25, 0.3) is 0 Å². The van der Waals surface area contributed by atoms with E-state index in [9.17, 15) is 4.79 Å². The average Bonchev–Trinajstić information content (AvgIpc) is 2.90. The van der Waals surface area contributed by atoms with Gasteiger partial charge in [0.05, 0.1) is 24.0 Å². The highest BCUT2D eigenvalue weighted by Gasteiger charge is 2.03. The van der Waals surface area contributed by atoms with Gasteiger partial charge in [-0.25, -0.2) is 4.79 Å². The van der Waals surface area contributed by atoms with Crippen LogP contribution in [0.15, 0.2) is 33.6 Å². The van der Waals surface area contributed by atoms with Crippen LogP contribution in [0.25, 0.3) is 11.1 Å². The fourth-order valence-corrected chi connectivity index (χ4v) is 1.73. The molecule has 3 rings (SSSR count). The van der Waals surface area contributed by atoms with E-state index < -0.39 is 5.76 Å². The van der Waals surface area contributed by atoms with Crippen molar-refractivity contribution in [1.82, 2.24) is 20.0 Å². The topological polar surface area (TPSA) is 88.7 Å². The summed E-state index contributed by atoms with van der Waals surface area (Å²) in [5, 5.41) is 10.9. The van der Waals surface area contributed by atoms with E-state index in [1.165, 1.54) is 0 Å². The number of aromatic amines is 1. The van der Waals surface area contributed by atoms with Gasteiger partial charge in [-0.05, 0) is 18.2 Å². The standard InChI is InChI=1S/C11H11N5O2/c1-16-8(6-13-15-16)5-12-7-2-3-10-9(4-7)14-11(17)18-10/h2-4,6,12H,5H2,1H3,(H,14,17). The van der Waals surface area contributed by atoms with Gasteiger partial charge in [-0.3, -0.25) is 9.67 Å². The molecule has 0 fully saturated rings. The molecular weight excluding hydrogens is 234 g/mol. The van der Waals surface area contributed by atoms with Gasteiger partial charge in [-0.15, -0.1) is 5.10 Å². The molecule has 1 aromatic carbocycles. The van der Waals surface area contributed by atoms with E-state index in [-0.39, 0.29) is 0 Å². The summed E-state index contributed by atoms with van der Waals surface area (Å²) >= 11 is 0. The van der Waals surface area contributed by atoms with Gasteiger partial charge in [0, 0.05) is 12.7 Å². The fourth-order valence-electron chi connectivity index (χ4n) is 1.73. The molecule has 0 amide bonds. The average molecular weight is 245 g/mol. The molecule has 0 atom stereocenters. The first-order valence-corrected chi connectivity index (χ1v) is 5.43. The Balaban J connectivity index is 1.82. The highest BCUT2D eigenvalue weighted by Crippen LogP contribution is 2.16. The van der Waals surface area contributed by atoms with Crippen LogP contribution in [-0.4, -0.2) is 20.0 Å².